The fourth-order valence-electron chi connectivity index (χ4n) is 4.30. The number of nitrogens with zero attached hydrogens (tertiary/aromatic N) is 2. The number of aromatic nitrogens is 1. The highest BCUT2D eigenvalue weighted by molar-refractivity contribution is 7.94. The Balaban J connectivity index is 2.19. The van der Waals surface area contributed by atoms with Crippen molar-refractivity contribution in [3.05, 3.63) is 58.9 Å². The van der Waals surface area contributed by atoms with Gasteiger partial charge in [-0.25, -0.2) is 22.3 Å². The Kier molecular flexibility index (Phi) is 8.80. The summed E-state index contributed by atoms with van der Waals surface area (Å²) >= 11 is 0. The van der Waals surface area contributed by atoms with E-state index in [-0.39, 0.29) is 34.0 Å². The Morgan fingerprint density at radius 3 is 2.27 bits per heavy atom. The number of nitrogens with one attached hydrogen (secondary N) is 1. The monoisotopic (exact) mass is 547 g/mol. The molecule has 0 radical (unpaired) electrons. The number of ether oxygens (including phenoxy) is 1. The first-order chi connectivity index (χ1) is 17.5. The molecule has 2 heterocycles. The van der Waals surface area contributed by atoms with E-state index < -0.39 is 30.5 Å². The Morgan fingerprint density at radius 2 is 1.68 bits per heavy atom. The van der Waals surface area contributed by atoms with Gasteiger partial charge in [-0.1, -0.05) is 39.0 Å². The van der Waals surface area contributed by atoms with E-state index in [1.54, 1.807) is 46.1 Å². The molecule has 0 bridgehead atoms. The number of methoxy groups -OCH3 is 1. The molecule has 0 atom stereocenters. The van der Waals surface area contributed by atoms with Gasteiger partial charge in [0, 0.05) is 6.20 Å². The van der Waals surface area contributed by atoms with Crippen molar-refractivity contribution in [1.29, 1.82) is 0 Å². The molecule has 2 aromatic heterocycles. The maximum atomic E-state index is 13.4. The molecule has 1 aromatic carbocycles. The topological polar surface area (TPSA) is 123 Å². The molecule has 0 aliphatic rings. The number of hydrogen-bond acceptors (Lipinski definition) is 7. The highest BCUT2D eigenvalue weighted by atomic mass is 32.2. The number of rotatable bonds is 11. The Morgan fingerprint density at radius 1 is 1.03 bits per heavy atom. The van der Waals surface area contributed by atoms with E-state index >= 15 is 0 Å². The van der Waals surface area contributed by atoms with Gasteiger partial charge in [0.05, 0.1) is 30.3 Å². The van der Waals surface area contributed by atoms with Crippen LogP contribution in [-0.2, 0) is 26.1 Å². The van der Waals surface area contributed by atoms with Crippen LogP contribution in [0.1, 0.15) is 60.8 Å². The minimum Gasteiger partial charge on any atom is -0.496 e. The zero-order valence-corrected chi connectivity index (χ0v) is 23.4. The molecule has 0 aliphatic carbocycles. The molecule has 9 nitrogen and oxygen atoms in total. The van der Waals surface area contributed by atoms with Crippen LogP contribution in [0.5, 0.6) is 5.75 Å². The second-order valence-electron chi connectivity index (χ2n) is 8.68. The van der Waals surface area contributed by atoms with Gasteiger partial charge in [-0.15, -0.1) is 0 Å². The molecule has 1 N–H and O–H groups in total. The van der Waals surface area contributed by atoms with Gasteiger partial charge in [-0.3, -0.25) is 4.79 Å². The van der Waals surface area contributed by atoms with Crippen molar-refractivity contribution in [3.8, 4) is 5.75 Å². The van der Waals surface area contributed by atoms with Crippen LogP contribution in [0, 0.1) is 6.92 Å². The molecular formula is C26H33N3O6S2. The van der Waals surface area contributed by atoms with Gasteiger partial charge in [0.2, 0.25) is 0 Å². The third-order valence-corrected chi connectivity index (χ3v) is 9.99. The van der Waals surface area contributed by atoms with Gasteiger partial charge in [0.1, 0.15) is 21.2 Å². The number of hydrogen-bond donors (Lipinski definition) is 1. The Bertz CT molecular complexity index is 1550. The second-order valence-corrected chi connectivity index (χ2v) is 12.8. The Hall–Kier alpha value is -3.18. The number of fused-ring (bicyclic) bond motifs is 1. The van der Waals surface area contributed by atoms with Crippen LogP contribution < -0.4 is 10.2 Å². The van der Waals surface area contributed by atoms with Crippen LogP contribution in [0.15, 0.2) is 51.4 Å². The maximum Gasteiger partial charge on any atom is 0.289 e. The number of pyridine rings is 1. The Labute approximate surface area is 218 Å². The normalized spacial score (nSPS) is 12.4. The van der Waals surface area contributed by atoms with Crippen LogP contribution in [0.3, 0.4) is 0 Å². The van der Waals surface area contributed by atoms with Gasteiger partial charge >= 0.3 is 0 Å². The first-order valence-corrected chi connectivity index (χ1v) is 15.4. The van der Waals surface area contributed by atoms with Gasteiger partial charge in [-0.05, 0) is 55.0 Å². The molecule has 200 valence electrons. The summed E-state index contributed by atoms with van der Waals surface area (Å²) < 4.78 is 60.3. The average molecular weight is 548 g/mol. The van der Waals surface area contributed by atoms with Crippen molar-refractivity contribution in [1.82, 2.24) is 9.83 Å². The van der Waals surface area contributed by atoms with E-state index in [1.165, 1.54) is 16.8 Å². The number of benzene rings is 1. The number of carbonyl (C=O) groups excluding carboxylic acids is 1. The molecule has 0 fully saturated rings. The third kappa shape index (κ3) is 5.72. The van der Waals surface area contributed by atoms with E-state index in [1.807, 2.05) is 19.1 Å². The lowest BCUT2D eigenvalue weighted by molar-refractivity contribution is 0.0945. The highest BCUT2D eigenvalue weighted by Gasteiger charge is 2.37. The molecule has 1 amide bonds. The van der Waals surface area contributed by atoms with Crippen molar-refractivity contribution in [2.45, 2.75) is 56.7 Å². The minimum absolute atomic E-state index is 0.180. The average Bonchev–Trinajstić information content (AvgIpc) is 3.22. The zero-order chi connectivity index (χ0) is 27.4. The van der Waals surface area contributed by atoms with E-state index in [0.29, 0.717) is 23.3 Å². The molecule has 0 aliphatic heterocycles. The molecule has 0 spiro atoms. The first-order valence-electron chi connectivity index (χ1n) is 12.1. The summed E-state index contributed by atoms with van der Waals surface area (Å²) in [7, 11) is -6.57. The van der Waals surface area contributed by atoms with Crippen molar-refractivity contribution < 1.29 is 26.4 Å². The maximum absolute atomic E-state index is 13.4. The van der Waals surface area contributed by atoms with Crippen LogP contribution in [0.4, 0.5) is 0 Å². The fraction of sp³-hybridized carbons (Fsp3) is 0.385. The van der Waals surface area contributed by atoms with E-state index in [0.717, 1.165) is 12.0 Å². The summed E-state index contributed by atoms with van der Waals surface area (Å²) in [6.45, 7) is 7.08. The highest BCUT2D eigenvalue weighted by Crippen LogP contribution is 2.36. The largest absolute Gasteiger partial charge is 0.496 e. The van der Waals surface area contributed by atoms with Crippen LogP contribution >= 0.6 is 0 Å². The molecule has 3 aromatic rings. The van der Waals surface area contributed by atoms with Crippen LogP contribution in [-0.4, -0.2) is 52.0 Å². The molecular weight excluding hydrogens is 514 g/mol. The standard InChI is InChI=1S/C26H33N3O6S2/c1-6-14-36(31,32)24-22-18(4)10-9-13-29(22)23(25(24)37(33,34)15-7-2)26(30)28-27-17-19-11-12-20(8-3)21(16-19)35-5/h9-13,16-17H,6-8,14-15H2,1-5H3,(H,28,30)/b27-17-. The summed E-state index contributed by atoms with van der Waals surface area (Å²) in [6, 6.07) is 8.81. The van der Waals surface area contributed by atoms with E-state index in [4.69, 9.17) is 4.74 Å². The predicted molar refractivity (Wildman–Crippen MR) is 144 cm³/mol. The van der Waals surface area contributed by atoms with Gasteiger partial charge in [0.15, 0.2) is 19.7 Å². The molecule has 0 unspecified atom stereocenters. The lowest BCUT2D eigenvalue weighted by Crippen LogP contribution is -2.23. The summed E-state index contributed by atoms with van der Waals surface area (Å²) in [5, 5.41) is 4.02. The predicted octanol–water partition coefficient (Wildman–Crippen LogP) is 3.95. The third-order valence-electron chi connectivity index (χ3n) is 5.93. The fourth-order valence-corrected chi connectivity index (χ4v) is 8.34. The van der Waals surface area contributed by atoms with Gasteiger partial charge in [-0.2, -0.15) is 5.10 Å². The number of aryl methyl sites for hydroxylation is 2. The van der Waals surface area contributed by atoms with Crippen molar-refractivity contribution in [2.75, 3.05) is 18.6 Å². The summed E-state index contributed by atoms with van der Waals surface area (Å²) in [6.07, 6.45) is 4.25. The summed E-state index contributed by atoms with van der Waals surface area (Å²) in [5.41, 5.74) is 4.51. The summed E-state index contributed by atoms with van der Waals surface area (Å²) in [5.74, 6) is -0.694. The quantitative estimate of drug-likeness (QED) is 0.286. The van der Waals surface area contributed by atoms with Crippen molar-refractivity contribution in [3.63, 3.8) is 0 Å². The van der Waals surface area contributed by atoms with Gasteiger partial charge < -0.3 is 9.14 Å². The smallest absolute Gasteiger partial charge is 0.289 e. The number of amides is 1. The lowest BCUT2D eigenvalue weighted by atomic mass is 10.1. The number of carbonyl (C=O) groups is 1. The molecule has 37 heavy (non-hydrogen) atoms. The first kappa shape index (κ1) is 28.4. The summed E-state index contributed by atoms with van der Waals surface area (Å²) in [4.78, 5) is 12.6. The molecule has 11 heteroatoms. The van der Waals surface area contributed by atoms with Crippen molar-refractivity contribution >= 4 is 37.3 Å². The van der Waals surface area contributed by atoms with E-state index in [2.05, 4.69) is 10.5 Å². The van der Waals surface area contributed by atoms with E-state index in [9.17, 15) is 21.6 Å². The molecule has 0 saturated carbocycles. The number of hydrazone groups is 1. The zero-order valence-electron chi connectivity index (χ0n) is 21.7. The second kappa shape index (κ2) is 11.5. The van der Waals surface area contributed by atoms with Gasteiger partial charge in [0.25, 0.3) is 5.91 Å². The van der Waals surface area contributed by atoms with Crippen molar-refractivity contribution in [2.24, 2.45) is 5.10 Å². The van der Waals surface area contributed by atoms with Crippen LogP contribution in [0.2, 0.25) is 0 Å². The lowest BCUT2D eigenvalue weighted by Gasteiger charge is -2.09. The number of sulfone groups is 2. The SMILES string of the molecule is CCCS(=O)(=O)c1c(S(=O)(=O)CCC)c2c(C)cccn2c1C(=O)N/N=C\c1ccc(CC)c(OC)c1. The van der Waals surface area contributed by atoms with Crippen LogP contribution in [0.25, 0.3) is 5.52 Å². The molecule has 3 rings (SSSR count). The molecule has 0 saturated heterocycles. The minimum atomic E-state index is -4.12.